The van der Waals surface area contributed by atoms with Crippen LogP contribution in [0.5, 0.6) is 0 Å². The number of ether oxygens (including phenoxy) is 1. The largest absolute Gasteiger partial charge is 0.461 e. The average molecular weight is 1040 g/mol. The first-order valence-electron chi connectivity index (χ1n) is 21.5. The van der Waals surface area contributed by atoms with E-state index in [0.29, 0.717) is 15.2 Å². The highest BCUT2D eigenvalue weighted by molar-refractivity contribution is 8.05. The van der Waals surface area contributed by atoms with E-state index in [0.717, 1.165) is 30.4 Å². The van der Waals surface area contributed by atoms with Gasteiger partial charge in [0, 0.05) is 82.4 Å². The number of likely N-dealkylation sites (N-methyl/N-ethyl adjacent to an activating group) is 1. The Hall–Kier alpha value is -6.07. The van der Waals surface area contributed by atoms with Gasteiger partial charge in [-0.2, -0.15) is 35.2 Å². The van der Waals surface area contributed by atoms with Crippen molar-refractivity contribution in [3.63, 3.8) is 0 Å². The fourth-order valence-electron chi connectivity index (χ4n) is 7.75. The van der Waals surface area contributed by atoms with Crippen molar-refractivity contribution in [1.82, 2.24) is 13.0 Å². The first-order valence-corrected chi connectivity index (χ1v) is 25.9. The summed E-state index contributed by atoms with van der Waals surface area (Å²) in [6, 6.07) is 32.7. The van der Waals surface area contributed by atoms with Crippen LogP contribution in [0, 0.1) is 0 Å². The Morgan fingerprint density at radius 1 is 0.757 bits per heavy atom. The quantitative estimate of drug-likeness (QED) is 0.0272. The maximum absolute atomic E-state index is 15.7. The summed E-state index contributed by atoms with van der Waals surface area (Å²) < 4.78 is 188. The zero-order valence-corrected chi connectivity index (χ0v) is 41.0. The first kappa shape index (κ1) is 53.3. The number of halogens is 6. The summed E-state index contributed by atoms with van der Waals surface area (Å²) in [4.78, 5) is 12.6. The van der Waals surface area contributed by atoms with Crippen molar-refractivity contribution >= 4 is 64.1 Å². The summed E-state index contributed by atoms with van der Waals surface area (Å²) in [6.07, 6.45) is 0. The second-order valence-electron chi connectivity index (χ2n) is 16.5. The van der Waals surface area contributed by atoms with Crippen LogP contribution in [0.2, 0.25) is 0 Å². The number of anilines is 2. The number of carbonyl (C=O) groups excluding carboxylic acids is 1. The number of alkyl halides is 6. The number of para-hydroxylation sites is 2. The number of sulfonamides is 3. The summed E-state index contributed by atoms with van der Waals surface area (Å²) in [5, 5.41) is -13.2. The van der Waals surface area contributed by atoms with Crippen LogP contribution in [-0.4, -0.2) is 83.7 Å². The third-order valence-electron chi connectivity index (χ3n) is 11.0. The van der Waals surface area contributed by atoms with E-state index in [1.165, 1.54) is 19.1 Å². The van der Waals surface area contributed by atoms with Crippen molar-refractivity contribution in [3.05, 3.63) is 139 Å². The molecule has 0 spiro atoms. The number of nitrogens with one attached hydrogen (secondary N) is 1. The second-order valence-corrected chi connectivity index (χ2v) is 22.2. The lowest BCUT2D eigenvalue weighted by Gasteiger charge is -2.34. The van der Waals surface area contributed by atoms with E-state index >= 15 is 26.3 Å². The predicted octanol–water partition coefficient (Wildman–Crippen LogP) is 9.46. The number of esters is 1. The normalized spacial score (nSPS) is 13.6. The molecule has 0 bridgehead atoms. The Bertz CT molecular complexity index is 3320. The number of hydrogen-bond donors (Lipinski definition) is 1. The molecule has 1 aliphatic carbocycles. The fraction of sp³-hybridized carbons (Fsp3) is 0.292. The number of nitrogens with zero attached hydrogens (tertiary/aromatic N) is 3. The molecule has 0 unspecified atom stereocenters. The molecule has 4 aromatic rings. The van der Waals surface area contributed by atoms with E-state index in [4.69, 9.17) is 4.42 Å². The van der Waals surface area contributed by atoms with Gasteiger partial charge in [-0.05, 0) is 71.0 Å². The number of rotatable bonds is 19. The lowest BCUT2D eigenvalue weighted by Crippen LogP contribution is -2.65. The van der Waals surface area contributed by atoms with Crippen molar-refractivity contribution in [2.24, 2.45) is 0 Å². The fourth-order valence-corrected chi connectivity index (χ4v) is 12.4. The Kier molecular flexibility index (Phi) is 15.2. The van der Waals surface area contributed by atoms with Gasteiger partial charge in [-0.1, -0.05) is 72.2 Å². The molecule has 22 heteroatoms. The van der Waals surface area contributed by atoms with Crippen LogP contribution in [0.15, 0.2) is 143 Å². The molecule has 6 rings (SSSR count). The first-order chi connectivity index (χ1) is 32.6. The Balaban J connectivity index is 1.51. The SMILES string of the molecule is C=C(C)C(=O)OCCN(CC)S(=O)(=O)C(F)(F)C(F)(F)C(F)(F)S(=O)(=O)NS(=O)(=O)c1ccccc1-c1c2cc/c(=[N+](\c3ccccc3)C(C)C)cc-2oc2cc(N(c3ccccc3)C(C)C)ccc12. The molecule has 0 atom stereocenters. The minimum atomic E-state index is -7.51. The summed E-state index contributed by atoms with van der Waals surface area (Å²) >= 11 is 0. The molecule has 2 aliphatic rings. The third kappa shape index (κ3) is 9.83. The van der Waals surface area contributed by atoms with Gasteiger partial charge in [0.2, 0.25) is 11.0 Å². The minimum absolute atomic E-state index is 0.0441. The molecule has 0 amide bonds. The molecule has 1 aliphatic heterocycles. The van der Waals surface area contributed by atoms with E-state index in [2.05, 4.69) is 11.3 Å². The van der Waals surface area contributed by atoms with Crippen LogP contribution < -0.4 is 19.0 Å². The molecule has 0 saturated heterocycles. The Labute approximate surface area is 401 Å². The molecular formula is C48H49F6N4O9S3+. The van der Waals surface area contributed by atoms with Crippen molar-refractivity contribution in [3.8, 4) is 22.5 Å². The van der Waals surface area contributed by atoms with Crippen LogP contribution in [0.25, 0.3) is 33.4 Å². The smallest absolute Gasteiger partial charge is 0.429 e. The summed E-state index contributed by atoms with van der Waals surface area (Å²) in [5.74, 6) is -8.30. The molecule has 4 aromatic carbocycles. The highest BCUT2D eigenvalue weighted by Crippen LogP contribution is 2.52. The molecule has 0 saturated carbocycles. The molecule has 0 aromatic heterocycles. The Morgan fingerprint density at radius 3 is 1.94 bits per heavy atom. The molecule has 374 valence electrons. The number of benzene rings is 5. The lowest BCUT2D eigenvalue weighted by atomic mass is 9.93. The van der Waals surface area contributed by atoms with E-state index in [1.54, 1.807) is 36.4 Å². The molecular weight excluding hydrogens is 987 g/mol. The van der Waals surface area contributed by atoms with Crippen molar-refractivity contribution in [2.75, 3.05) is 24.6 Å². The zero-order valence-electron chi connectivity index (χ0n) is 38.5. The second kappa shape index (κ2) is 20.0. The summed E-state index contributed by atoms with van der Waals surface area (Å²) in [6.45, 7) is 9.74. The van der Waals surface area contributed by atoms with E-state index in [1.807, 2.05) is 97.8 Å². The topological polar surface area (TPSA) is 163 Å². The number of carbonyl (C=O) groups is 1. The number of hydrogen-bond acceptors (Lipinski definition) is 10. The summed E-state index contributed by atoms with van der Waals surface area (Å²) in [7, 11) is -20.4. The van der Waals surface area contributed by atoms with Gasteiger partial charge >= 0.3 is 22.4 Å². The van der Waals surface area contributed by atoms with Crippen LogP contribution in [0.1, 0.15) is 41.5 Å². The molecule has 0 fully saturated rings. The molecule has 1 N–H and O–H groups in total. The lowest BCUT2D eigenvalue weighted by molar-refractivity contribution is -0.245. The van der Waals surface area contributed by atoms with E-state index < -0.39 is 81.4 Å². The highest BCUT2D eigenvalue weighted by atomic mass is 32.3. The molecule has 70 heavy (non-hydrogen) atoms. The standard InChI is InChI=1S/C48H49F6N4O9S3/c1-8-56(27-28-66-45(59)31(2)3)70(64,65)48(53,54)46(49,50)47(51,52)69(62,63)55-68(60,61)43-22-16-15-21-40(43)44-38-25-23-36(57(32(4)5)34-17-11-9-12-18-34)29-41(38)67-42-30-37(24-26-39(42)44)58(33(6)7)35-19-13-10-14-20-35/h9-26,29-30,32-33,55H,2,8,27-28H2,1,3-7H3/q+1. The maximum atomic E-state index is 15.7. The summed E-state index contributed by atoms with van der Waals surface area (Å²) in [5.41, 5.74) is 2.08. The van der Waals surface area contributed by atoms with E-state index in [-0.39, 0.29) is 51.1 Å². The number of fused-ring (bicyclic) bond motifs is 2. The third-order valence-corrected chi connectivity index (χ3v) is 16.7. The molecule has 0 radical (unpaired) electrons. The van der Waals surface area contributed by atoms with Gasteiger partial charge in [-0.25, -0.2) is 30.0 Å². The van der Waals surface area contributed by atoms with Crippen LogP contribution in [0.3, 0.4) is 0 Å². The van der Waals surface area contributed by atoms with Crippen LogP contribution in [0.4, 0.5) is 43.4 Å². The van der Waals surface area contributed by atoms with Gasteiger partial charge in [-0.3, -0.25) is 0 Å². The maximum Gasteiger partial charge on any atom is 0.429 e. The van der Waals surface area contributed by atoms with Crippen molar-refractivity contribution in [1.29, 1.82) is 0 Å². The van der Waals surface area contributed by atoms with Gasteiger partial charge < -0.3 is 14.1 Å². The van der Waals surface area contributed by atoms with Crippen molar-refractivity contribution < 1.29 is 65.5 Å². The van der Waals surface area contributed by atoms with Gasteiger partial charge in [0.15, 0.2) is 6.04 Å². The van der Waals surface area contributed by atoms with Gasteiger partial charge in [0.25, 0.3) is 30.1 Å². The predicted molar refractivity (Wildman–Crippen MR) is 255 cm³/mol. The highest BCUT2D eigenvalue weighted by Gasteiger charge is 2.83. The van der Waals surface area contributed by atoms with Gasteiger partial charge in [0.1, 0.15) is 18.0 Å². The zero-order chi connectivity index (χ0) is 51.8. The average Bonchev–Trinajstić information content (AvgIpc) is 3.29. The monoisotopic (exact) mass is 1040 g/mol. The van der Waals surface area contributed by atoms with Crippen molar-refractivity contribution in [2.45, 2.75) is 75.0 Å². The van der Waals surface area contributed by atoms with Gasteiger partial charge in [0.05, 0.1) is 11.0 Å². The molecule has 1 heterocycles. The van der Waals surface area contributed by atoms with Crippen LogP contribution in [-0.2, 0) is 39.6 Å². The molecule has 13 nitrogen and oxygen atoms in total. The Morgan fingerprint density at radius 2 is 1.36 bits per heavy atom. The minimum Gasteiger partial charge on any atom is -0.461 e. The van der Waals surface area contributed by atoms with E-state index in [9.17, 15) is 30.0 Å². The van der Waals surface area contributed by atoms with Crippen LogP contribution >= 0.6 is 0 Å². The van der Waals surface area contributed by atoms with Gasteiger partial charge in [-0.15, -0.1) is 0 Å².